The maximum atomic E-state index is 11.7. The van der Waals surface area contributed by atoms with Gasteiger partial charge in [-0.1, -0.05) is 30.7 Å². The molecule has 1 aliphatic heterocycles. The summed E-state index contributed by atoms with van der Waals surface area (Å²) in [5.41, 5.74) is 1.96. The number of hydrogen-bond acceptors (Lipinski definition) is 2. The molecule has 1 saturated heterocycles. The van der Waals surface area contributed by atoms with Gasteiger partial charge in [0.25, 0.3) is 0 Å². The van der Waals surface area contributed by atoms with Crippen LogP contribution in [-0.2, 0) is 4.79 Å². The number of carboxylic acid groups (broad SMARTS) is 1. The lowest BCUT2D eigenvalue weighted by molar-refractivity contribution is -0.146. The highest BCUT2D eigenvalue weighted by Gasteiger charge is 2.39. The molecule has 0 radical (unpaired) electrons. The highest BCUT2D eigenvalue weighted by atomic mass is 35.5. The van der Waals surface area contributed by atoms with Crippen molar-refractivity contribution in [2.45, 2.75) is 31.7 Å². The van der Waals surface area contributed by atoms with Gasteiger partial charge < -0.3 is 5.11 Å². The number of rotatable bonds is 4. The first-order chi connectivity index (χ1) is 9.08. The van der Waals surface area contributed by atoms with E-state index in [-0.39, 0.29) is 0 Å². The van der Waals surface area contributed by atoms with E-state index in [1.165, 1.54) is 0 Å². The first kappa shape index (κ1) is 12.9. The Morgan fingerprint density at radius 3 is 2.63 bits per heavy atom. The van der Waals surface area contributed by atoms with E-state index in [4.69, 9.17) is 11.6 Å². The van der Waals surface area contributed by atoms with Crippen LogP contribution in [0, 0.1) is 5.92 Å². The van der Waals surface area contributed by atoms with Crippen LogP contribution in [0.25, 0.3) is 0 Å². The summed E-state index contributed by atoms with van der Waals surface area (Å²) in [7, 11) is 0. The molecule has 0 bridgehead atoms. The third-order valence-electron chi connectivity index (χ3n) is 4.06. The molecular weight excluding hydrogens is 262 g/mol. The maximum Gasteiger partial charge on any atom is 0.325 e. The summed E-state index contributed by atoms with van der Waals surface area (Å²) < 4.78 is 0. The second-order valence-corrected chi connectivity index (χ2v) is 6.22. The van der Waals surface area contributed by atoms with Crippen LogP contribution >= 0.6 is 11.6 Å². The predicted octanol–water partition coefficient (Wildman–Crippen LogP) is 3.29. The van der Waals surface area contributed by atoms with Gasteiger partial charge in [0.2, 0.25) is 0 Å². The number of hydrogen-bond donors (Lipinski definition) is 1. The smallest absolute Gasteiger partial charge is 0.325 e. The van der Waals surface area contributed by atoms with Crippen molar-refractivity contribution in [2.24, 2.45) is 5.92 Å². The second-order valence-electron chi connectivity index (χ2n) is 5.82. The molecule has 4 heteroatoms. The van der Waals surface area contributed by atoms with Crippen molar-refractivity contribution in [3.05, 3.63) is 34.3 Å². The molecule has 19 heavy (non-hydrogen) atoms. The molecule has 1 saturated carbocycles. The molecule has 1 heterocycles. The third-order valence-corrected chi connectivity index (χ3v) is 4.39. The standard InChI is InChI=1S/C15H18ClNO2/c1-9-7-17(8-9)14(15(18)19)11-3-2-4-12(16)13(11)10-5-6-10/h2-4,9-10,14H,5-8H2,1H3,(H,18,19). The first-order valence-corrected chi connectivity index (χ1v) is 7.21. The molecular formula is C15H18ClNO2. The molecule has 1 aromatic rings. The van der Waals surface area contributed by atoms with Crippen LogP contribution < -0.4 is 0 Å². The molecule has 2 fully saturated rings. The number of carboxylic acids is 1. The minimum Gasteiger partial charge on any atom is -0.480 e. The van der Waals surface area contributed by atoms with Gasteiger partial charge in [-0.2, -0.15) is 0 Å². The van der Waals surface area contributed by atoms with Crippen molar-refractivity contribution in [1.82, 2.24) is 4.90 Å². The molecule has 0 spiro atoms. The fourth-order valence-electron chi connectivity index (χ4n) is 3.04. The van der Waals surface area contributed by atoms with E-state index in [1.807, 2.05) is 23.1 Å². The largest absolute Gasteiger partial charge is 0.480 e. The highest BCUT2D eigenvalue weighted by molar-refractivity contribution is 6.31. The van der Waals surface area contributed by atoms with Gasteiger partial charge in [0, 0.05) is 18.1 Å². The average molecular weight is 280 g/mol. The Bertz CT molecular complexity index is 507. The van der Waals surface area contributed by atoms with Crippen LogP contribution in [-0.4, -0.2) is 29.1 Å². The molecule has 1 unspecified atom stereocenters. The Kier molecular flexibility index (Phi) is 3.27. The monoisotopic (exact) mass is 279 g/mol. The summed E-state index contributed by atoms with van der Waals surface area (Å²) in [6.07, 6.45) is 2.25. The maximum absolute atomic E-state index is 11.7. The number of halogens is 1. The zero-order valence-corrected chi connectivity index (χ0v) is 11.7. The minimum atomic E-state index is -0.768. The molecule has 0 aromatic heterocycles. The molecule has 3 rings (SSSR count). The fraction of sp³-hybridized carbons (Fsp3) is 0.533. The Morgan fingerprint density at radius 1 is 1.42 bits per heavy atom. The quantitative estimate of drug-likeness (QED) is 0.919. The summed E-state index contributed by atoms with van der Waals surface area (Å²) >= 11 is 6.30. The molecule has 3 nitrogen and oxygen atoms in total. The van der Waals surface area contributed by atoms with Gasteiger partial charge in [0.15, 0.2) is 0 Å². The van der Waals surface area contributed by atoms with Crippen molar-refractivity contribution >= 4 is 17.6 Å². The van der Waals surface area contributed by atoms with Gasteiger partial charge in [-0.25, -0.2) is 0 Å². The summed E-state index contributed by atoms with van der Waals surface area (Å²) in [5.74, 6) is 0.283. The number of likely N-dealkylation sites (tertiary alicyclic amines) is 1. The molecule has 1 aliphatic carbocycles. The van der Waals surface area contributed by atoms with Gasteiger partial charge in [-0.05, 0) is 41.9 Å². The van der Waals surface area contributed by atoms with Crippen molar-refractivity contribution in [1.29, 1.82) is 0 Å². The summed E-state index contributed by atoms with van der Waals surface area (Å²) in [5, 5.41) is 10.3. The normalized spacial score (nSPS) is 22.0. The first-order valence-electron chi connectivity index (χ1n) is 6.83. The Hall–Kier alpha value is -1.06. The van der Waals surface area contributed by atoms with E-state index in [1.54, 1.807) is 0 Å². The van der Waals surface area contributed by atoms with Crippen molar-refractivity contribution in [2.75, 3.05) is 13.1 Å². The summed E-state index contributed by atoms with van der Waals surface area (Å²) in [6, 6.07) is 5.13. The molecule has 1 atom stereocenters. The molecule has 102 valence electrons. The summed E-state index contributed by atoms with van der Waals surface area (Å²) in [6.45, 7) is 3.86. The van der Waals surface area contributed by atoms with Crippen LogP contribution in [0.1, 0.15) is 42.9 Å². The zero-order chi connectivity index (χ0) is 13.6. The zero-order valence-electron chi connectivity index (χ0n) is 11.0. The molecule has 1 N–H and O–H groups in total. The van der Waals surface area contributed by atoms with Crippen molar-refractivity contribution in [3.8, 4) is 0 Å². The van der Waals surface area contributed by atoms with Crippen LogP contribution in [0.2, 0.25) is 5.02 Å². The number of aliphatic carboxylic acids is 1. The lowest BCUT2D eigenvalue weighted by Gasteiger charge is -2.41. The van der Waals surface area contributed by atoms with Crippen LogP contribution in [0.5, 0.6) is 0 Å². The number of benzene rings is 1. The van der Waals surface area contributed by atoms with Gasteiger partial charge in [-0.3, -0.25) is 9.69 Å². The van der Waals surface area contributed by atoms with Crippen molar-refractivity contribution < 1.29 is 9.90 Å². The fourth-order valence-corrected chi connectivity index (χ4v) is 3.37. The minimum absolute atomic E-state index is 0.462. The Balaban J connectivity index is 1.98. The predicted molar refractivity (Wildman–Crippen MR) is 74.5 cm³/mol. The number of carbonyl (C=O) groups is 1. The van der Waals surface area contributed by atoms with Gasteiger partial charge in [-0.15, -0.1) is 0 Å². The van der Waals surface area contributed by atoms with Crippen molar-refractivity contribution in [3.63, 3.8) is 0 Å². The molecule has 2 aliphatic rings. The van der Waals surface area contributed by atoms with Gasteiger partial charge in [0.05, 0.1) is 0 Å². The van der Waals surface area contributed by atoms with E-state index in [9.17, 15) is 9.90 Å². The third kappa shape index (κ3) is 2.37. The second kappa shape index (κ2) is 4.80. The Labute approximate surface area is 118 Å². The van der Waals surface area contributed by atoms with E-state index in [0.717, 1.165) is 42.1 Å². The summed E-state index contributed by atoms with van der Waals surface area (Å²) in [4.78, 5) is 13.7. The topological polar surface area (TPSA) is 40.5 Å². The van der Waals surface area contributed by atoms with E-state index in [2.05, 4.69) is 6.92 Å². The Morgan fingerprint density at radius 2 is 2.11 bits per heavy atom. The lowest BCUT2D eigenvalue weighted by atomic mass is 9.91. The number of nitrogens with zero attached hydrogens (tertiary/aromatic N) is 1. The van der Waals surface area contributed by atoms with Gasteiger partial charge >= 0.3 is 5.97 Å². The highest BCUT2D eigenvalue weighted by Crippen LogP contribution is 2.47. The van der Waals surface area contributed by atoms with Gasteiger partial charge in [0.1, 0.15) is 6.04 Å². The molecule has 0 amide bonds. The molecule has 1 aromatic carbocycles. The van der Waals surface area contributed by atoms with E-state index in [0.29, 0.717) is 11.8 Å². The van der Waals surface area contributed by atoms with Crippen LogP contribution in [0.4, 0.5) is 0 Å². The SMILES string of the molecule is CC1CN(C(C(=O)O)c2cccc(Cl)c2C2CC2)C1. The lowest BCUT2D eigenvalue weighted by Crippen LogP contribution is -2.49. The average Bonchev–Trinajstić information content (AvgIpc) is 3.11. The van der Waals surface area contributed by atoms with E-state index < -0.39 is 12.0 Å². The van der Waals surface area contributed by atoms with E-state index >= 15 is 0 Å². The van der Waals surface area contributed by atoms with Crippen LogP contribution in [0.15, 0.2) is 18.2 Å². The van der Waals surface area contributed by atoms with Crippen LogP contribution in [0.3, 0.4) is 0 Å².